The van der Waals surface area contributed by atoms with Gasteiger partial charge in [-0.3, -0.25) is 4.90 Å². The van der Waals surface area contributed by atoms with Gasteiger partial charge in [0.15, 0.2) is 0 Å². The number of benzene rings is 3. The van der Waals surface area contributed by atoms with Crippen LogP contribution in [-0.2, 0) is 15.8 Å². The van der Waals surface area contributed by atoms with Crippen LogP contribution in [0.4, 0.5) is 0 Å². The maximum Gasteiger partial charge on any atom is 0.261 e. The molecule has 3 nitrogen and oxygen atoms in total. The van der Waals surface area contributed by atoms with Gasteiger partial charge in [0.25, 0.3) is 8.32 Å². The van der Waals surface area contributed by atoms with Gasteiger partial charge in [0, 0.05) is 12.6 Å². The Labute approximate surface area is 224 Å². The molecule has 1 aliphatic rings. The zero-order valence-electron chi connectivity index (χ0n) is 22.6. The van der Waals surface area contributed by atoms with Crippen LogP contribution in [-0.4, -0.2) is 37.7 Å². The molecule has 0 unspecified atom stereocenters. The first kappa shape index (κ1) is 27.2. The molecule has 3 aromatic rings. The minimum Gasteiger partial charge on any atom is -0.406 e. The molecule has 0 N–H and O–H groups in total. The van der Waals surface area contributed by atoms with Crippen LogP contribution in [0.15, 0.2) is 104 Å². The van der Waals surface area contributed by atoms with Crippen molar-refractivity contribution >= 4 is 25.0 Å². The zero-order valence-corrected chi connectivity index (χ0v) is 23.6. The number of rotatable bonds is 10. The van der Waals surface area contributed by atoms with E-state index in [2.05, 4.69) is 117 Å². The topological polar surface area (TPSA) is 29.5 Å². The van der Waals surface area contributed by atoms with Crippen molar-refractivity contribution < 1.29 is 9.22 Å². The molecule has 37 heavy (non-hydrogen) atoms. The largest absolute Gasteiger partial charge is 0.406 e. The van der Waals surface area contributed by atoms with E-state index in [0.717, 1.165) is 25.8 Å². The van der Waals surface area contributed by atoms with E-state index in [9.17, 15) is 4.79 Å². The standard InChI is InChI=1S/C33H41NO2Si/c1-5-23-33(27-35)24-15-18-29(34(33)25-28-16-9-6-10-17-28)26-36-37(32(2,3)4,30-19-11-7-12-20-30)31-21-13-8-14-22-31/h5-14,16-17,19-22,27,29H,1,15,18,23-26H2,2-4H3/t29-,33+/m1/s1. The smallest absolute Gasteiger partial charge is 0.261 e. The molecule has 0 bridgehead atoms. The average molecular weight is 512 g/mol. The number of hydrogen-bond acceptors (Lipinski definition) is 3. The first-order valence-electron chi connectivity index (χ1n) is 13.5. The molecule has 1 fully saturated rings. The van der Waals surface area contributed by atoms with E-state index >= 15 is 0 Å². The van der Waals surface area contributed by atoms with Crippen LogP contribution >= 0.6 is 0 Å². The molecule has 4 rings (SSSR count). The van der Waals surface area contributed by atoms with Crippen molar-refractivity contribution in [1.82, 2.24) is 4.90 Å². The van der Waals surface area contributed by atoms with Crippen LogP contribution in [0.25, 0.3) is 0 Å². The summed E-state index contributed by atoms with van der Waals surface area (Å²) in [6.45, 7) is 12.3. The molecule has 4 heteroatoms. The maximum absolute atomic E-state index is 12.7. The Balaban J connectivity index is 1.75. The summed E-state index contributed by atoms with van der Waals surface area (Å²) in [6.07, 6.45) is 6.60. The lowest BCUT2D eigenvalue weighted by Gasteiger charge is -2.50. The first-order valence-corrected chi connectivity index (χ1v) is 15.4. The van der Waals surface area contributed by atoms with Gasteiger partial charge < -0.3 is 9.22 Å². The van der Waals surface area contributed by atoms with E-state index in [0.29, 0.717) is 13.0 Å². The summed E-state index contributed by atoms with van der Waals surface area (Å²) in [7, 11) is -2.67. The van der Waals surface area contributed by atoms with Crippen molar-refractivity contribution in [1.29, 1.82) is 0 Å². The molecule has 2 atom stereocenters. The summed E-state index contributed by atoms with van der Waals surface area (Å²) in [6, 6.07) is 32.2. The number of aldehydes is 1. The molecule has 0 amide bonds. The third kappa shape index (κ3) is 5.57. The molecule has 1 heterocycles. The number of carbonyl (C=O) groups excluding carboxylic acids is 1. The summed E-state index contributed by atoms with van der Waals surface area (Å²) in [4.78, 5) is 15.1. The predicted molar refractivity (Wildman–Crippen MR) is 157 cm³/mol. The number of piperidine rings is 1. The average Bonchev–Trinajstić information content (AvgIpc) is 2.92. The fourth-order valence-corrected chi connectivity index (χ4v) is 10.8. The third-order valence-electron chi connectivity index (χ3n) is 7.98. The first-order chi connectivity index (χ1) is 17.9. The van der Waals surface area contributed by atoms with Crippen molar-refractivity contribution in [2.24, 2.45) is 0 Å². The summed E-state index contributed by atoms with van der Waals surface area (Å²) < 4.78 is 7.35. The highest BCUT2D eigenvalue weighted by Crippen LogP contribution is 2.39. The van der Waals surface area contributed by atoms with Crippen molar-refractivity contribution in [3.63, 3.8) is 0 Å². The van der Waals surface area contributed by atoms with Gasteiger partial charge in [0.2, 0.25) is 0 Å². The van der Waals surface area contributed by atoms with Gasteiger partial charge in [0.1, 0.15) is 6.29 Å². The van der Waals surface area contributed by atoms with Gasteiger partial charge in [-0.05, 0) is 46.7 Å². The van der Waals surface area contributed by atoms with Crippen LogP contribution in [0.2, 0.25) is 5.04 Å². The van der Waals surface area contributed by atoms with Crippen LogP contribution in [0.1, 0.15) is 52.0 Å². The molecule has 0 spiro atoms. The van der Waals surface area contributed by atoms with E-state index < -0.39 is 13.9 Å². The lowest BCUT2D eigenvalue weighted by atomic mass is 9.81. The predicted octanol–water partition coefficient (Wildman–Crippen LogP) is 6.13. The van der Waals surface area contributed by atoms with Gasteiger partial charge in [-0.25, -0.2) is 0 Å². The number of hydrogen-bond donors (Lipinski definition) is 0. The van der Waals surface area contributed by atoms with Crippen molar-refractivity contribution in [3.8, 4) is 0 Å². The Bertz CT molecular complexity index is 1100. The number of nitrogens with zero attached hydrogens (tertiary/aromatic N) is 1. The molecule has 1 aliphatic heterocycles. The van der Waals surface area contributed by atoms with E-state index in [4.69, 9.17) is 4.43 Å². The summed E-state index contributed by atoms with van der Waals surface area (Å²) in [5.74, 6) is 0. The Kier molecular flexibility index (Phi) is 8.63. The lowest BCUT2D eigenvalue weighted by molar-refractivity contribution is -0.125. The van der Waals surface area contributed by atoms with Crippen molar-refractivity contribution in [3.05, 3.63) is 109 Å². The van der Waals surface area contributed by atoms with E-state index in [1.165, 1.54) is 22.2 Å². The highest BCUT2D eigenvalue weighted by molar-refractivity contribution is 6.99. The highest BCUT2D eigenvalue weighted by Gasteiger charge is 2.51. The normalized spacial score (nSPS) is 20.9. The molecule has 1 saturated heterocycles. The second-order valence-electron chi connectivity index (χ2n) is 11.3. The fraction of sp³-hybridized carbons (Fsp3) is 0.364. The van der Waals surface area contributed by atoms with E-state index in [-0.39, 0.29) is 11.1 Å². The third-order valence-corrected chi connectivity index (χ3v) is 13.0. The van der Waals surface area contributed by atoms with Crippen LogP contribution < -0.4 is 10.4 Å². The van der Waals surface area contributed by atoms with Gasteiger partial charge in [-0.2, -0.15) is 0 Å². The van der Waals surface area contributed by atoms with Crippen molar-refractivity contribution in [2.45, 2.75) is 69.6 Å². The number of carbonyl (C=O) groups is 1. The molecule has 0 aliphatic carbocycles. The van der Waals surface area contributed by atoms with Crippen LogP contribution in [0.3, 0.4) is 0 Å². The Hall–Kier alpha value is -2.79. The maximum atomic E-state index is 12.7. The lowest BCUT2D eigenvalue weighted by Crippen LogP contribution is -2.68. The van der Waals surface area contributed by atoms with Crippen molar-refractivity contribution in [2.75, 3.05) is 6.61 Å². The minimum atomic E-state index is -2.67. The van der Waals surface area contributed by atoms with Gasteiger partial charge in [-0.1, -0.05) is 118 Å². The molecule has 0 saturated carbocycles. The molecular weight excluding hydrogens is 470 g/mol. The molecule has 3 aromatic carbocycles. The molecule has 0 radical (unpaired) electrons. The fourth-order valence-electron chi connectivity index (χ4n) is 6.17. The monoisotopic (exact) mass is 511 g/mol. The Morgan fingerprint density at radius 3 is 1.97 bits per heavy atom. The Morgan fingerprint density at radius 2 is 1.49 bits per heavy atom. The van der Waals surface area contributed by atoms with Crippen LogP contribution in [0, 0.1) is 0 Å². The quantitative estimate of drug-likeness (QED) is 0.186. The highest BCUT2D eigenvalue weighted by atomic mass is 28.4. The molecular formula is C33H41NO2Si. The summed E-state index contributed by atoms with van der Waals surface area (Å²) >= 11 is 0. The molecule has 0 aromatic heterocycles. The zero-order chi connectivity index (χ0) is 26.4. The number of likely N-dealkylation sites (tertiary alicyclic amines) is 1. The summed E-state index contributed by atoms with van der Waals surface area (Å²) in [5.41, 5.74) is 0.671. The molecule has 194 valence electrons. The van der Waals surface area contributed by atoms with Gasteiger partial charge >= 0.3 is 0 Å². The second-order valence-corrected chi connectivity index (χ2v) is 15.7. The van der Waals surface area contributed by atoms with Gasteiger partial charge in [0.05, 0.1) is 12.1 Å². The second kappa shape index (κ2) is 11.7. The van der Waals surface area contributed by atoms with E-state index in [1.54, 1.807) is 0 Å². The summed E-state index contributed by atoms with van der Waals surface area (Å²) in [5, 5.41) is 2.48. The van der Waals surface area contributed by atoms with Gasteiger partial charge in [-0.15, -0.1) is 6.58 Å². The Morgan fingerprint density at radius 1 is 0.946 bits per heavy atom. The SMILES string of the molecule is C=CC[C@@]1(C=O)CCC[C@H](CO[Si](c2ccccc2)(c2ccccc2)C(C)(C)C)N1Cc1ccccc1. The minimum absolute atomic E-state index is 0.0858. The van der Waals surface area contributed by atoms with Crippen LogP contribution in [0.5, 0.6) is 0 Å². The van der Waals surface area contributed by atoms with E-state index in [1.807, 2.05) is 12.1 Å².